The Bertz CT molecular complexity index is 686. The Morgan fingerprint density at radius 2 is 2.18 bits per heavy atom. The molecular weight excluding hydrogens is 244 g/mol. The molecule has 8 heteroatoms. The molecule has 0 saturated carbocycles. The summed E-state index contributed by atoms with van der Waals surface area (Å²) >= 11 is 0. The minimum Gasteiger partial charge on any atom is -0.366 e. The van der Waals surface area contributed by atoms with Crippen LogP contribution in [0.5, 0.6) is 0 Å². The van der Waals surface area contributed by atoms with Crippen LogP contribution in [-0.2, 0) is 17.1 Å². The number of pyridine rings is 1. The first kappa shape index (κ1) is 11.4. The van der Waals surface area contributed by atoms with Crippen molar-refractivity contribution in [2.75, 3.05) is 4.72 Å². The van der Waals surface area contributed by atoms with Gasteiger partial charge in [-0.3, -0.25) is 14.2 Å². The van der Waals surface area contributed by atoms with Crippen LogP contribution in [0.25, 0.3) is 0 Å². The zero-order valence-corrected chi connectivity index (χ0v) is 9.73. The smallest absolute Gasteiger partial charge is 0.268 e. The Kier molecular flexibility index (Phi) is 2.72. The third-order valence-electron chi connectivity index (χ3n) is 2.14. The van der Waals surface area contributed by atoms with Crippen LogP contribution >= 0.6 is 0 Å². The van der Waals surface area contributed by atoms with Crippen LogP contribution in [-0.4, -0.2) is 23.2 Å². The molecule has 90 valence electrons. The summed E-state index contributed by atoms with van der Waals surface area (Å²) in [5.74, 6) is 0.285. The summed E-state index contributed by atoms with van der Waals surface area (Å²) < 4.78 is 27.4. The summed E-state index contributed by atoms with van der Waals surface area (Å²) in [6.07, 6.45) is 3.96. The maximum atomic E-state index is 11.9. The molecule has 2 heterocycles. The molecule has 0 aliphatic carbocycles. The van der Waals surface area contributed by atoms with Gasteiger partial charge in [-0.15, -0.1) is 0 Å². The van der Waals surface area contributed by atoms with Crippen molar-refractivity contribution in [1.82, 2.24) is 14.8 Å². The lowest BCUT2D eigenvalue weighted by Gasteiger charge is -2.06. The SMILES string of the molecule is Cn1nccc1NS(=O)(=O)c1c[nH]ccc1=O. The first-order valence-electron chi connectivity index (χ1n) is 4.68. The Morgan fingerprint density at radius 3 is 2.76 bits per heavy atom. The Hall–Kier alpha value is -2.09. The topological polar surface area (TPSA) is 96.8 Å². The van der Waals surface area contributed by atoms with Crippen LogP contribution < -0.4 is 10.2 Å². The van der Waals surface area contributed by atoms with Gasteiger partial charge in [-0.25, -0.2) is 8.42 Å². The predicted molar refractivity (Wildman–Crippen MR) is 61.1 cm³/mol. The molecule has 0 aromatic carbocycles. The molecule has 2 aromatic heterocycles. The molecule has 0 saturated heterocycles. The molecule has 7 nitrogen and oxygen atoms in total. The highest BCUT2D eigenvalue weighted by Crippen LogP contribution is 2.10. The molecule has 0 unspecified atom stereocenters. The molecule has 0 radical (unpaired) electrons. The zero-order valence-electron chi connectivity index (χ0n) is 8.91. The Balaban J connectivity index is 2.43. The molecular formula is C9H10N4O3S. The molecule has 0 aliphatic heterocycles. The molecule has 0 atom stereocenters. The monoisotopic (exact) mass is 254 g/mol. The van der Waals surface area contributed by atoms with Gasteiger partial charge < -0.3 is 4.98 Å². The van der Waals surface area contributed by atoms with Gasteiger partial charge in [0, 0.05) is 31.6 Å². The lowest BCUT2D eigenvalue weighted by Crippen LogP contribution is -2.22. The second-order valence-electron chi connectivity index (χ2n) is 3.32. The fourth-order valence-electron chi connectivity index (χ4n) is 1.28. The molecule has 0 fully saturated rings. The maximum Gasteiger partial charge on any atom is 0.268 e. The first-order chi connectivity index (χ1) is 8.00. The van der Waals surface area contributed by atoms with Gasteiger partial charge in [0.2, 0.25) is 5.43 Å². The predicted octanol–water partition coefficient (Wildman–Crippen LogP) is -0.0908. The van der Waals surface area contributed by atoms with Crippen molar-refractivity contribution in [3.63, 3.8) is 0 Å². The molecule has 17 heavy (non-hydrogen) atoms. The lowest BCUT2D eigenvalue weighted by atomic mass is 10.5. The largest absolute Gasteiger partial charge is 0.366 e. The molecule has 0 aliphatic rings. The molecule has 2 aromatic rings. The molecule has 2 rings (SSSR count). The second-order valence-corrected chi connectivity index (χ2v) is 4.97. The summed E-state index contributed by atoms with van der Waals surface area (Å²) in [6, 6.07) is 2.65. The number of hydrogen-bond donors (Lipinski definition) is 2. The van der Waals surface area contributed by atoms with E-state index in [9.17, 15) is 13.2 Å². The number of nitrogens with one attached hydrogen (secondary N) is 2. The van der Waals surface area contributed by atoms with Gasteiger partial charge in [0.25, 0.3) is 10.0 Å². The minimum atomic E-state index is -3.89. The third kappa shape index (κ3) is 2.21. The van der Waals surface area contributed by atoms with Crippen molar-refractivity contribution in [1.29, 1.82) is 0 Å². The van der Waals surface area contributed by atoms with Crippen LogP contribution in [0.4, 0.5) is 5.82 Å². The van der Waals surface area contributed by atoms with Crippen LogP contribution in [0.1, 0.15) is 0 Å². The quantitative estimate of drug-likeness (QED) is 0.799. The Labute approximate surface area is 97.2 Å². The van der Waals surface area contributed by atoms with Crippen molar-refractivity contribution >= 4 is 15.8 Å². The normalized spacial score (nSPS) is 11.4. The number of rotatable bonds is 3. The van der Waals surface area contributed by atoms with Crippen molar-refractivity contribution in [2.24, 2.45) is 7.05 Å². The number of anilines is 1. The van der Waals surface area contributed by atoms with Gasteiger partial charge in [0.1, 0.15) is 5.82 Å². The van der Waals surface area contributed by atoms with Gasteiger partial charge in [-0.1, -0.05) is 0 Å². The fraction of sp³-hybridized carbons (Fsp3) is 0.111. The minimum absolute atomic E-state index is 0.285. The van der Waals surface area contributed by atoms with E-state index in [2.05, 4.69) is 14.8 Å². The number of aryl methyl sites for hydroxylation is 1. The van der Waals surface area contributed by atoms with Gasteiger partial charge in [0.15, 0.2) is 4.90 Å². The van der Waals surface area contributed by atoms with Crippen molar-refractivity contribution in [3.05, 3.63) is 40.9 Å². The zero-order chi connectivity index (χ0) is 12.5. The summed E-state index contributed by atoms with van der Waals surface area (Å²) in [5.41, 5.74) is -0.571. The van der Waals surface area contributed by atoms with Crippen molar-refractivity contribution in [2.45, 2.75) is 4.90 Å². The van der Waals surface area contributed by atoms with E-state index < -0.39 is 15.5 Å². The van der Waals surface area contributed by atoms with Crippen LogP contribution in [0.2, 0.25) is 0 Å². The number of H-pyrrole nitrogens is 1. The third-order valence-corrected chi connectivity index (χ3v) is 3.51. The average molecular weight is 254 g/mol. The Morgan fingerprint density at radius 1 is 1.41 bits per heavy atom. The summed E-state index contributed by atoms with van der Waals surface area (Å²) in [4.78, 5) is 13.6. The van der Waals surface area contributed by atoms with E-state index in [-0.39, 0.29) is 10.7 Å². The van der Waals surface area contributed by atoms with Crippen molar-refractivity contribution in [3.8, 4) is 0 Å². The highest BCUT2D eigenvalue weighted by atomic mass is 32.2. The summed E-state index contributed by atoms with van der Waals surface area (Å²) in [7, 11) is -2.30. The van der Waals surface area contributed by atoms with Gasteiger partial charge in [0.05, 0.1) is 6.20 Å². The van der Waals surface area contributed by atoms with Crippen LogP contribution in [0, 0.1) is 0 Å². The molecule has 0 spiro atoms. The van der Waals surface area contributed by atoms with E-state index in [1.54, 1.807) is 7.05 Å². The van der Waals surface area contributed by atoms with Crippen molar-refractivity contribution < 1.29 is 8.42 Å². The maximum absolute atomic E-state index is 11.9. The molecule has 2 N–H and O–H groups in total. The van der Waals surface area contributed by atoms with Gasteiger partial charge in [-0.05, 0) is 0 Å². The highest BCUT2D eigenvalue weighted by Gasteiger charge is 2.18. The summed E-state index contributed by atoms with van der Waals surface area (Å²) in [6.45, 7) is 0. The van der Waals surface area contributed by atoms with Gasteiger partial charge >= 0.3 is 0 Å². The van der Waals surface area contributed by atoms with Crippen LogP contribution in [0.15, 0.2) is 40.4 Å². The molecule has 0 amide bonds. The van der Waals surface area contributed by atoms with E-state index >= 15 is 0 Å². The van der Waals surface area contributed by atoms with Gasteiger partial charge in [-0.2, -0.15) is 5.10 Å². The van der Waals surface area contributed by atoms with E-state index in [4.69, 9.17) is 0 Å². The lowest BCUT2D eigenvalue weighted by molar-refractivity contribution is 0.599. The first-order valence-corrected chi connectivity index (χ1v) is 6.17. The number of hydrogen-bond acceptors (Lipinski definition) is 4. The fourth-order valence-corrected chi connectivity index (χ4v) is 2.42. The van der Waals surface area contributed by atoms with Crippen LogP contribution in [0.3, 0.4) is 0 Å². The highest BCUT2D eigenvalue weighted by molar-refractivity contribution is 7.92. The number of aromatic nitrogens is 3. The van der Waals surface area contributed by atoms with E-state index in [0.29, 0.717) is 0 Å². The number of nitrogens with zero attached hydrogens (tertiary/aromatic N) is 2. The standard InChI is InChI=1S/C9H10N4O3S/c1-13-9(3-5-11-13)12-17(15,16)8-6-10-4-2-7(8)14/h2-6,12H,1H3,(H,10,14). The summed E-state index contributed by atoms with van der Waals surface area (Å²) in [5, 5.41) is 3.82. The average Bonchev–Trinajstić information content (AvgIpc) is 2.64. The number of sulfonamides is 1. The van der Waals surface area contributed by atoms with E-state index in [1.165, 1.54) is 23.1 Å². The van der Waals surface area contributed by atoms with E-state index in [0.717, 1.165) is 12.3 Å². The molecule has 0 bridgehead atoms. The second kappa shape index (κ2) is 4.06. The number of aromatic amines is 1. The van der Waals surface area contributed by atoms with E-state index in [1.807, 2.05) is 0 Å².